The Balaban J connectivity index is 1.90. The molecule has 1 aromatic rings. The van der Waals surface area contributed by atoms with Crippen molar-refractivity contribution < 1.29 is 4.79 Å². The molecule has 1 aliphatic carbocycles. The molecular weight excluding hydrogens is 252 g/mol. The van der Waals surface area contributed by atoms with Crippen LogP contribution < -0.4 is 16.4 Å². The number of hydrogen-bond acceptors (Lipinski definition) is 4. The maximum Gasteiger partial charge on any atom is 0.267 e. The van der Waals surface area contributed by atoms with E-state index in [1.807, 2.05) is 0 Å². The lowest BCUT2D eigenvalue weighted by atomic mass is 9.96. The molecule has 0 spiro atoms. The highest BCUT2D eigenvalue weighted by Gasteiger charge is 2.34. The van der Waals surface area contributed by atoms with E-state index in [0.29, 0.717) is 17.4 Å². The molecule has 0 radical (unpaired) electrons. The van der Waals surface area contributed by atoms with Crippen LogP contribution in [0.4, 0.5) is 11.5 Å². The Morgan fingerprint density at radius 1 is 1.20 bits per heavy atom. The minimum atomic E-state index is -0.497. The number of amides is 1. The summed E-state index contributed by atoms with van der Waals surface area (Å²) in [5.41, 5.74) is 12.3. The van der Waals surface area contributed by atoms with Gasteiger partial charge in [0.05, 0.1) is 5.69 Å². The number of carbonyl (C=O) groups is 1. The molecule has 1 aliphatic heterocycles. The molecular formula is C15H22N4O. The predicted molar refractivity (Wildman–Crippen MR) is 79.5 cm³/mol. The Morgan fingerprint density at radius 2 is 1.95 bits per heavy atom. The highest BCUT2D eigenvalue weighted by molar-refractivity contribution is 5.92. The molecule has 0 aromatic carbocycles. The van der Waals surface area contributed by atoms with Crippen LogP contribution in [0.5, 0.6) is 0 Å². The standard InChI is InChI=1S/C15H22N4O/c16-11-7-8-12(14(17)20)18-15(11)19-9-3-6-13(19)10-4-1-2-5-10/h7-8,10,13H,1-6,9,16H2,(H2,17,20). The number of nitrogens with two attached hydrogens (primary N) is 2. The molecule has 1 saturated heterocycles. The highest BCUT2D eigenvalue weighted by atomic mass is 16.1. The van der Waals surface area contributed by atoms with Gasteiger partial charge in [0.15, 0.2) is 5.82 Å². The fourth-order valence-electron chi connectivity index (χ4n) is 3.71. The summed E-state index contributed by atoms with van der Waals surface area (Å²) in [4.78, 5) is 18.0. The summed E-state index contributed by atoms with van der Waals surface area (Å²) in [5.74, 6) is 0.995. The van der Waals surface area contributed by atoms with Crippen molar-refractivity contribution in [3.05, 3.63) is 17.8 Å². The van der Waals surface area contributed by atoms with E-state index in [-0.39, 0.29) is 0 Å². The van der Waals surface area contributed by atoms with Gasteiger partial charge >= 0.3 is 0 Å². The van der Waals surface area contributed by atoms with E-state index in [1.165, 1.54) is 38.5 Å². The van der Waals surface area contributed by atoms with Gasteiger partial charge in [0.25, 0.3) is 5.91 Å². The van der Waals surface area contributed by atoms with Crippen LogP contribution in [0.15, 0.2) is 12.1 Å². The average molecular weight is 274 g/mol. The Hall–Kier alpha value is -1.78. The van der Waals surface area contributed by atoms with Gasteiger partial charge in [-0.1, -0.05) is 12.8 Å². The number of carbonyl (C=O) groups excluding carboxylic acids is 1. The third-order valence-electron chi connectivity index (χ3n) is 4.67. The molecule has 1 unspecified atom stereocenters. The Labute approximate surface area is 119 Å². The summed E-state index contributed by atoms with van der Waals surface area (Å²) in [6, 6.07) is 3.87. The summed E-state index contributed by atoms with van der Waals surface area (Å²) >= 11 is 0. The first-order valence-corrected chi connectivity index (χ1v) is 7.50. The quantitative estimate of drug-likeness (QED) is 0.881. The Kier molecular flexibility index (Phi) is 3.51. The van der Waals surface area contributed by atoms with Crippen molar-refractivity contribution in [1.82, 2.24) is 4.98 Å². The van der Waals surface area contributed by atoms with Gasteiger partial charge in [-0.2, -0.15) is 0 Å². The maximum absolute atomic E-state index is 11.3. The average Bonchev–Trinajstić information content (AvgIpc) is 3.09. The van der Waals surface area contributed by atoms with Crippen LogP contribution in [0.2, 0.25) is 0 Å². The van der Waals surface area contributed by atoms with Gasteiger partial charge in [-0.15, -0.1) is 0 Å². The third-order valence-corrected chi connectivity index (χ3v) is 4.67. The monoisotopic (exact) mass is 274 g/mol. The van der Waals surface area contributed by atoms with E-state index in [2.05, 4.69) is 9.88 Å². The van der Waals surface area contributed by atoms with Crippen molar-refractivity contribution in [2.45, 2.75) is 44.6 Å². The Morgan fingerprint density at radius 3 is 2.65 bits per heavy atom. The van der Waals surface area contributed by atoms with Crippen molar-refractivity contribution in [2.75, 3.05) is 17.2 Å². The second kappa shape index (κ2) is 5.31. The van der Waals surface area contributed by atoms with Crippen LogP contribution in [0.25, 0.3) is 0 Å². The van der Waals surface area contributed by atoms with E-state index in [4.69, 9.17) is 11.5 Å². The van der Waals surface area contributed by atoms with Crippen molar-refractivity contribution in [3.8, 4) is 0 Å². The molecule has 5 heteroatoms. The molecule has 1 atom stereocenters. The predicted octanol–water partition coefficient (Wildman–Crippen LogP) is 1.92. The van der Waals surface area contributed by atoms with Gasteiger partial charge in [-0.05, 0) is 43.7 Å². The molecule has 1 saturated carbocycles. The zero-order valence-electron chi connectivity index (χ0n) is 11.7. The topological polar surface area (TPSA) is 85.2 Å². The molecule has 1 aromatic heterocycles. The van der Waals surface area contributed by atoms with Crippen LogP contribution >= 0.6 is 0 Å². The summed E-state index contributed by atoms with van der Waals surface area (Å²) < 4.78 is 0. The van der Waals surface area contributed by atoms with Crippen LogP contribution in [0.3, 0.4) is 0 Å². The number of rotatable bonds is 3. The fourth-order valence-corrected chi connectivity index (χ4v) is 3.71. The number of primary amides is 1. The van der Waals surface area contributed by atoms with Crippen LogP contribution in [-0.4, -0.2) is 23.5 Å². The maximum atomic E-state index is 11.3. The van der Waals surface area contributed by atoms with Crippen LogP contribution in [0.1, 0.15) is 49.0 Å². The normalized spacial score (nSPS) is 23.4. The smallest absolute Gasteiger partial charge is 0.267 e. The molecule has 2 aliphatic rings. The van der Waals surface area contributed by atoms with Gasteiger partial charge in [-0.25, -0.2) is 4.98 Å². The minimum absolute atomic E-state index is 0.297. The lowest BCUT2D eigenvalue weighted by molar-refractivity contribution is 0.0995. The third kappa shape index (κ3) is 2.32. The van der Waals surface area contributed by atoms with E-state index < -0.39 is 5.91 Å². The summed E-state index contributed by atoms with van der Waals surface area (Å²) in [5, 5.41) is 0. The molecule has 4 N–H and O–H groups in total. The molecule has 108 valence electrons. The molecule has 2 fully saturated rings. The van der Waals surface area contributed by atoms with E-state index in [0.717, 1.165) is 18.3 Å². The van der Waals surface area contributed by atoms with E-state index in [9.17, 15) is 4.79 Å². The lowest BCUT2D eigenvalue weighted by Gasteiger charge is -2.31. The summed E-state index contributed by atoms with van der Waals surface area (Å²) in [7, 11) is 0. The van der Waals surface area contributed by atoms with Crippen LogP contribution in [-0.2, 0) is 0 Å². The number of pyridine rings is 1. The van der Waals surface area contributed by atoms with Gasteiger partial charge in [0, 0.05) is 12.6 Å². The second-order valence-corrected chi connectivity index (χ2v) is 5.92. The number of aromatic nitrogens is 1. The van der Waals surface area contributed by atoms with Gasteiger partial charge < -0.3 is 16.4 Å². The first-order valence-electron chi connectivity index (χ1n) is 7.50. The molecule has 3 rings (SSSR count). The van der Waals surface area contributed by atoms with Crippen molar-refractivity contribution >= 4 is 17.4 Å². The SMILES string of the molecule is NC(=O)c1ccc(N)c(N2CCCC2C2CCCC2)n1. The molecule has 2 heterocycles. The molecule has 0 bridgehead atoms. The molecule has 20 heavy (non-hydrogen) atoms. The summed E-state index contributed by atoms with van der Waals surface area (Å²) in [6.07, 6.45) is 7.64. The molecule has 1 amide bonds. The first-order chi connectivity index (χ1) is 9.66. The first kappa shape index (κ1) is 13.2. The number of nitrogens with zero attached hydrogens (tertiary/aromatic N) is 2. The van der Waals surface area contributed by atoms with Gasteiger partial charge in [-0.3, -0.25) is 4.79 Å². The Bertz CT molecular complexity index is 511. The van der Waals surface area contributed by atoms with Crippen molar-refractivity contribution in [2.24, 2.45) is 11.7 Å². The summed E-state index contributed by atoms with van der Waals surface area (Å²) in [6.45, 7) is 0.973. The number of nitrogen functional groups attached to an aromatic ring is 1. The molecule has 5 nitrogen and oxygen atoms in total. The van der Waals surface area contributed by atoms with Crippen molar-refractivity contribution in [3.63, 3.8) is 0 Å². The van der Waals surface area contributed by atoms with Gasteiger partial charge in [0.1, 0.15) is 5.69 Å². The van der Waals surface area contributed by atoms with Crippen molar-refractivity contribution in [1.29, 1.82) is 0 Å². The largest absolute Gasteiger partial charge is 0.396 e. The lowest BCUT2D eigenvalue weighted by Crippen LogP contribution is -2.36. The van der Waals surface area contributed by atoms with Crippen LogP contribution in [0, 0.1) is 5.92 Å². The highest BCUT2D eigenvalue weighted by Crippen LogP contribution is 2.38. The van der Waals surface area contributed by atoms with Gasteiger partial charge in [0.2, 0.25) is 0 Å². The second-order valence-electron chi connectivity index (χ2n) is 5.92. The number of hydrogen-bond donors (Lipinski definition) is 2. The van der Waals surface area contributed by atoms with E-state index in [1.54, 1.807) is 12.1 Å². The van der Waals surface area contributed by atoms with E-state index >= 15 is 0 Å². The zero-order valence-corrected chi connectivity index (χ0v) is 11.7. The minimum Gasteiger partial charge on any atom is -0.396 e. The zero-order chi connectivity index (χ0) is 14.1. The fraction of sp³-hybridized carbons (Fsp3) is 0.600. The number of anilines is 2.